The van der Waals surface area contributed by atoms with Gasteiger partial charge in [-0.05, 0) is 31.0 Å². The molecule has 0 bridgehead atoms. The highest BCUT2D eigenvalue weighted by Gasteiger charge is 2.26. The molecule has 0 radical (unpaired) electrons. The highest BCUT2D eigenvalue weighted by atomic mass is 32.2. The van der Waals surface area contributed by atoms with Crippen LogP contribution in [0.1, 0.15) is 39.5 Å². The molecular weight excluding hydrogens is 402 g/mol. The summed E-state index contributed by atoms with van der Waals surface area (Å²) in [6.07, 6.45) is 2.82. The Labute approximate surface area is 177 Å². The van der Waals surface area contributed by atoms with Crippen LogP contribution >= 0.6 is 0 Å². The summed E-state index contributed by atoms with van der Waals surface area (Å²) in [7, 11) is -4.09. The number of hydrogen-bond acceptors (Lipinski definition) is 4. The number of ether oxygens (including phenoxy) is 1. The summed E-state index contributed by atoms with van der Waals surface area (Å²) in [6.45, 7) is 6.36. The molecule has 3 rings (SSSR count). The van der Waals surface area contributed by atoms with E-state index in [2.05, 4.69) is 0 Å². The molecule has 6 nitrogen and oxygen atoms in total. The number of allylic oxidation sites excluding steroid dienone is 1. The van der Waals surface area contributed by atoms with Crippen LogP contribution in [0.25, 0.3) is 28.3 Å². The lowest BCUT2D eigenvalue weighted by atomic mass is 10.1. The SMILES string of the molecule is CCO/C(=C\c1oc2ccc(-c3ccccc3)cc2[n+]1CCC(C)S(=O)(=O)O)CC. The van der Waals surface area contributed by atoms with Gasteiger partial charge in [-0.1, -0.05) is 43.3 Å². The Balaban J connectivity index is 2.09. The smallest absolute Gasteiger partial charge is 0.377 e. The van der Waals surface area contributed by atoms with Crippen molar-refractivity contribution in [3.05, 3.63) is 60.2 Å². The number of rotatable bonds is 9. The van der Waals surface area contributed by atoms with Crippen molar-refractivity contribution in [1.29, 1.82) is 0 Å². The molecule has 0 saturated carbocycles. The van der Waals surface area contributed by atoms with Crippen molar-refractivity contribution >= 4 is 27.3 Å². The van der Waals surface area contributed by atoms with Crippen LogP contribution in [0.5, 0.6) is 0 Å². The van der Waals surface area contributed by atoms with Gasteiger partial charge in [0.2, 0.25) is 5.58 Å². The molecule has 160 valence electrons. The Kier molecular flexibility index (Phi) is 6.95. The predicted octanol–water partition coefficient (Wildman–Crippen LogP) is 4.84. The molecule has 0 fully saturated rings. The van der Waals surface area contributed by atoms with Gasteiger partial charge in [0.25, 0.3) is 15.6 Å². The lowest BCUT2D eigenvalue weighted by Gasteiger charge is -2.06. The molecule has 0 amide bonds. The third kappa shape index (κ3) is 5.09. The number of aryl methyl sites for hydroxylation is 1. The fraction of sp³-hybridized carbons (Fsp3) is 0.348. The zero-order valence-electron chi connectivity index (χ0n) is 17.5. The van der Waals surface area contributed by atoms with E-state index in [1.165, 1.54) is 6.92 Å². The van der Waals surface area contributed by atoms with Gasteiger partial charge >= 0.3 is 5.89 Å². The van der Waals surface area contributed by atoms with Crippen molar-refractivity contribution in [3.8, 4) is 11.1 Å². The summed E-state index contributed by atoms with van der Waals surface area (Å²) in [5, 5.41) is -0.873. The van der Waals surface area contributed by atoms with Crippen molar-refractivity contribution in [2.24, 2.45) is 0 Å². The van der Waals surface area contributed by atoms with Crippen LogP contribution in [-0.2, 0) is 21.4 Å². The molecule has 0 aliphatic rings. The standard InChI is InChI=1S/C23H27NO5S/c1-4-20(28-5-2)16-23-24(14-13-17(3)30(25,26)27)21-15-19(11-12-22(21)29-23)18-9-7-6-8-10-18/h6-12,15-17H,4-5,13-14H2,1-3H3/p+1/b20-16-. The Morgan fingerprint density at radius 1 is 1.17 bits per heavy atom. The lowest BCUT2D eigenvalue weighted by Crippen LogP contribution is -2.37. The molecule has 3 aromatic rings. The van der Waals surface area contributed by atoms with Gasteiger partial charge in [-0.3, -0.25) is 4.55 Å². The molecule has 0 aliphatic heterocycles. The number of nitrogens with zero attached hydrogens (tertiary/aromatic N) is 1. The van der Waals surface area contributed by atoms with Crippen LogP contribution in [0, 0.1) is 0 Å². The molecule has 0 saturated heterocycles. The average molecular weight is 431 g/mol. The van der Waals surface area contributed by atoms with E-state index in [1.807, 2.05) is 73.0 Å². The van der Waals surface area contributed by atoms with Crippen molar-refractivity contribution in [2.75, 3.05) is 6.61 Å². The zero-order chi connectivity index (χ0) is 21.7. The number of oxazole rings is 1. The minimum absolute atomic E-state index is 0.255. The summed E-state index contributed by atoms with van der Waals surface area (Å²) < 4.78 is 46.0. The van der Waals surface area contributed by atoms with E-state index in [0.29, 0.717) is 31.0 Å². The number of aromatic nitrogens is 1. The van der Waals surface area contributed by atoms with Crippen LogP contribution in [0.15, 0.2) is 58.7 Å². The third-order valence-electron chi connectivity index (χ3n) is 5.07. The van der Waals surface area contributed by atoms with Crippen molar-refractivity contribution < 1.29 is 26.7 Å². The quantitative estimate of drug-likeness (QED) is 0.298. The molecular formula is C23H28NO5S+. The summed E-state index contributed by atoms with van der Waals surface area (Å²) >= 11 is 0. The first-order valence-electron chi connectivity index (χ1n) is 10.1. The average Bonchev–Trinajstić information content (AvgIpc) is 3.07. The monoisotopic (exact) mass is 430 g/mol. The maximum atomic E-state index is 11.5. The van der Waals surface area contributed by atoms with Gasteiger partial charge in [0, 0.05) is 18.9 Å². The molecule has 0 aliphatic carbocycles. The summed E-state index contributed by atoms with van der Waals surface area (Å²) in [4.78, 5) is 0. The molecule has 7 heteroatoms. The zero-order valence-corrected chi connectivity index (χ0v) is 18.4. The van der Waals surface area contributed by atoms with Gasteiger partial charge in [0.05, 0.1) is 17.9 Å². The maximum Gasteiger partial charge on any atom is 0.377 e. The first kappa shape index (κ1) is 22.1. The van der Waals surface area contributed by atoms with Gasteiger partial charge in [0.15, 0.2) is 6.54 Å². The lowest BCUT2D eigenvalue weighted by molar-refractivity contribution is -0.678. The molecule has 1 N–H and O–H groups in total. The topological polar surface area (TPSA) is 80.6 Å². The molecule has 1 unspecified atom stereocenters. The number of hydrogen-bond donors (Lipinski definition) is 1. The fourth-order valence-electron chi connectivity index (χ4n) is 3.28. The molecule has 1 heterocycles. The van der Waals surface area contributed by atoms with Crippen LogP contribution in [0.2, 0.25) is 0 Å². The molecule has 0 spiro atoms. The molecule has 1 aromatic heterocycles. The normalized spacial score (nSPS) is 13.5. The van der Waals surface area contributed by atoms with Crippen molar-refractivity contribution in [3.63, 3.8) is 0 Å². The molecule has 30 heavy (non-hydrogen) atoms. The molecule has 1 atom stereocenters. The Bertz CT molecular complexity index is 1130. The van der Waals surface area contributed by atoms with Gasteiger partial charge in [-0.25, -0.2) is 0 Å². The van der Waals surface area contributed by atoms with Crippen LogP contribution in [-0.4, -0.2) is 24.8 Å². The van der Waals surface area contributed by atoms with E-state index in [0.717, 1.165) is 22.4 Å². The first-order chi connectivity index (χ1) is 14.3. The van der Waals surface area contributed by atoms with Crippen molar-refractivity contribution in [1.82, 2.24) is 0 Å². The Hall–Kier alpha value is -2.64. The minimum Gasteiger partial charge on any atom is -0.498 e. The van der Waals surface area contributed by atoms with E-state index >= 15 is 0 Å². The second-order valence-corrected chi connectivity index (χ2v) is 8.99. The Morgan fingerprint density at radius 3 is 2.53 bits per heavy atom. The van der Waals surface area contributed by atoms with E-state index in [4.69, 9.17) is 9.15 Å². The van der Waals surface area contributed by atoms with Gasteiger partial charge in [-0.2, -0.15) is 13.0 Å². The largest absolute Gasteiger partial charge is 0.498 e. The van der Waals surface area contributed by atoms with Crippen molar-refractivity contribution in [2.45, 2.75) is 45.4 Å². The summed E-state index contributed by atoms with van der Waals surface area (Å²) in [5.41, 5.74) is 3.68. The second kappa shape index (κ2) is 9.45. The van der Waals surface area contributed by atoms with E-state index in [1.54, 1.807) is 0 Å². The number of benzene rings is 2. The van der Waals surface area contributed by atoms with E-state index < -0.39 is 15.4 Å². The minimum atomic E-state index is -4.09. The van der Waals surface area contributed by atoms with Crippen LogP contribution < -0.4 is 4.57 Å². The first-order valence-corrected chi connectivity index (χ1v) is 11.6. The van der Waals surface area contributed by atoms with Gasteiger partial charge in [-0.15, -0.1) is 0 Å². The van der Waals surface area contributed by atoms with E-state index in [9.17, 15) is 13.0 Å². The highest BCUT2D eigenvalue weighted by molar-refractivity contribution is 7.86. The van der Waals surface area contributed by atoms with Crippen LogP contribution in [0.3, 0.4) is 0 Å². The summed E-state index contributed by atoms with van der Waals surface area (Å²) in [6, 6.07) is 16.0. The van der Waals surface area contributed by atoms with Crippen LogP contribution in [0.4, 0.5) is 0 Å². The Morgan fingerprint density at radius 2 is 1.90 bits per heavy atom. The number of fused-ring (bicyclic) bond motifs is 1. The maximum absolute atomic E-state index is 11.5. The molecule has 2 aromatic carbocycles. The van der Waals surface area contributed by atoms with Gasteiger partial charge in [0.1, 0.15) is 5.76 Å². The second-order valence-electron chi connectivity index (χ2n) is 7.15. The van der Waals surface area contributed by atoms with Gasteiger partial charge < -0.3 is 9.15 Å². The predicted molar refractivity (Wildman–Crippen MR) is 117 cm³/mol. The third-order valence-corrected chi connectivity index (χ3v) is 6.32. The van der Waals surface area contributed by atoms with E-state index in [-0.39, 0.29) is 6.42 Å². The highest BCUT2D eigenvalue weighted by Crippen LogP contribution is 2.25. The fourth-order valence-corrected chi connectivity index (χ4v) is 3.68. The summed E-state index contributed by atoms with van der Waals surface area (Å²) in [5.74, 6) is 1.37.